The summed E-state index contributed by atoms with van der Waals surface area (Å²) in [6.45, 7) is 6.46. The molecule has 1 atom stereocenters. The van der Waals surface area contributed by atoms with E-state index in [1.54, 1.807) is 4.90 Å². The molecule has 1 fully saturated rings. The maximum Gasteiger partial charge on any atom is 0.274 e. The standard InChI is InChI=1S/C16H21ClN6O/c1-9(2)14-18-8-11(17)13(20-14)16(24)23-7-5-4-6-12(23)15-19-10(3)21-22-15/h8-9,12H,4-7H2,1-3H3,(H,19,21,22)/t12-/m1/s1. The summed E-state index contributed by atoms with van der Waals surface area (Å²) in [6, 6.07) is -0.148. The largest absolute Gasteiger partial charge is 0.327 e. The van der Waals surface area contributed by atoms with Crippen LogP contribution in [0.4, 0.5) is 0 Å². The number of carbonyl (C=O) groups is 1. The molecule has 1 saturated heterocycles. The third-order valence-corrected chi connectivity index (χ3v) is 4.43. The molecule has 0 unspecified atom stereocenters. The zero-order chi connectivity index (χ0) is 17.3. The highest BCUT2D eigenvalue weighted by Crippen LogP contribution is 2.31. The molecule has 24 heavy (non-hydrogen) atoms. The van der Waals surface area contributed by atoms with Crippen LogP contribution < -0.4 is 0 Å². The van der Waals surface area contributed by atoms with Gasteiger partial charge in [-0.3, -0.25) is 9.89 Å². The van der Waals surface area contributed by atoms with Crippen LogP contribution in [-0.4, -0.2) is 42.5 Å². The number of nitrogens with zero attached hydrogens (tertiary/aromatic N) is 5. The molecule has 1 aliphatic rings. The number of nitrogens with one attached hydrogen (secondary N) is 1. The molecule has 0 spiro atoms. The van der Waals surface area contributed by atoms with E-state index in [4.69, 9.17) is 11.6 Å². The number of halogens is 1. The lowest BCUT2D eigenvalue weighted by molar-refractivity contribution is 0.0593. The lowest BCUT2D eigenvalue weighted by Crippen LogP contribution is -2.39. The van der Waals surface area contributed by atoms with Crippen molar-refractivity contribution >= 4 is 17.5 Å². The third kappa shape index (κ3) is 3.26. The lowest BCUT2D eigenvalue weighted by atomic mass is 10.0. The molecule has 2 aromatic heterocycles. The fourth-order valence-corrected chi connectivity index (χ4v) is 3.07. The molecular formula is C16H21ClN6O. The summed E-state index contributed by atoms with van der Waals surface area (Å²) in [5, 5.41) is 7.37. The van der Waals surface area contributed by atoms with Gasteiger partial charge in [-0.05, 0) is 26.2 Å². The smallest absolute Gasteiger partial charge is 0.274 e. The van der Waals surface area contributed by atoms with Crippen molar-refractivity contribution in [2.75, 3.05) is 6.54 Å². The van der Waals surface area contributed by atoms with E-state index in [-0.39, 0.29) is 28.6 Å². The number of likely N-dealkylation sites (tertiary alicyclic amines) is 1. The Morgan fingerprint density at radius 1 is 1.38 bits per heavy atom. The van der Waals surface area contributed by atoms with Gasteiger partial charge in [-0.25, -0.2) is 15.0 Å². The van der Waals surface area contributed by atoms with E-state index in [9.17, 15) is 4.79 Å². The molecule has 3 rings (SSSR count). The summed E-state index contributed by atoms with van der Waals surface area (Å²) >= 11 is 6.20. The summed E-state index contributed by atoms with van der Waals surface area (Å²) in [5.74, 6) is 1.95. The van der Waals surface area contributed by atoms with E-state index < -0.39 is 0 Å². The SMILES string of the molecule is Cc1nc([C@H]2CCCCN2C(=O)c2nc(C(C)C)ncc2Cl)n[nH]1. The van der Waals surface area contributed by atoms with Gasteiger partial charge in [-0.2, -0.15) is 5.10 Å². The number of rotatable bonds is 3. The van der Waals surface area contributed by atoms with Crippen LogP contribution >= 0.6 is 11.6 Å². The zero-order valence-electron chi connectivity index (χ0n) is 14.1. The number of aryl methyl sites for hydroxylation is 1. The Bertz CT molecular complexity index is 744. The second-order valence-electron chi connectivity index (χ2n) is 6.37. The Kier molecular flexibility index (Phi) is 4.80. The van der Waals surface area contributed by atoms with Gasteiger partial charge in [-0.1, -0.05) is 25.4 Å². The van der Waals surface area contributed by atoms with E-state index in [2.05, 4.69) is 25.1 Å². The number of H-pyrrole nitrogens is 1. The first-order valence-corrected chi connectivity index (χ1v) is 8.57. The second-order valence-corrected chi connectivity index (χ2v) is 6.78. The molecule has 1 amide bonds. The van der Waals surface area contributed by atoms with E-state index in [0.29, 0.717) is 18.2 Å². The number of aromatic amines is 1. The second kappa shape index (κ2) is 6.84. The van der Waals surface area contributed by atoms with Crippen molar-refractivity contribution in [3.8, 4) is 0 Å². The Morgan fingerprint density at radius 2 is 2.17 bits per heavy atom. The van der Waals surface area contributed by atoms with Gasteiger partial charge >= 0.3 is 0 Å². The van der Waals surface area contributed by atoms with Crippen LogP contribution in [-0.2, 0) is 0 Å². The highest BCUT2D eigenvalue weighted by molar-refractivity contribution is 6.33. The molecule has 7 nitrogen and oxygen atoms in total. The van der Waals surface area contributed by atoms with Crippen molar-refractivity contribution in [1.82, 2.24) is 30.0 Å². The number of hydrogen-bond donors (Lipinski definition) is 1. The summed E-state index contributed by atoms with van der Waals surface area (Å²) < 4.78 is 0. The van der Waals surface area contributed by atoms with Crippen LogP contribution in [0.3, 0.4) is 0 Å². The van der Waals surface area contributed by atoms with Crippen molar-refractivity contribution < 1.29 is 4.79 Å². The molecule has 3 heterocycles. The van der Waals surface area contributed by atoms with Crippen LogP contribution in [0.15, 0.2) is 6.20 Å². The van der Waals surface area contributed by atoms with E-state index in [1.165, 1.54) is 6.20 Å². The number of hydrogen-bond acceptors (Lipinski definition) is 5. The quantitative estimate of drug-likeness (QED) is 0.921. The van der Waals surface area contributed by atoms with Crippen LogP contribution in [0.5, 0.6) is 0 Å². The predicted molar refractivity (Wildman–Crippen MR) is 89.9 cm³/mol. The van der Waals surface area contributed by atoms with E-state index in [0.717, 1.165) is 25.1 Å². The lowest BCUT2D eigenvalue weighted by Gasteiger charge is -2.34. The Morgan fingerprint density at radius 3 is 2.83 bits per heavy atom. The minimum absolute atomic E-state index is 0.127. The van der Waals surface area contributed by atoms with Gasteiger partial charge in [0.15, 0.2) is 11.5 Å². The highest BCUT2D eigenvalue weighted by Gasteiger charge is 2.33. The van der Waals surface area contributed by atoms with Crippen LogP contribution in [0.2, 0.25) is 5.02 Å². The first-order valence-electron chi connectivity index (χ1n) is 8.19. The molecule has 2 aromatic rings. The van der Waals surface area contributed by atoms with Gasteiger partial charge in [-0.15, -0.1) is 0 Å². The van der Waals surface area contributed by atoms with Crippen LogP contribution in [0.25, 0.3) is 0 Å². The average Bonchev–Trinajstić information content (AvgIpc) is 3.01. The topological polar surface area (TPSA) is 87.7 Å². The molecule has 0 bridgehead atoms. The van der Waals surface area contributed by atoms with E-state index in [1.807, 2.05) is 20.8 Å². The minimum atomic E-state index is -0.184. The molecule has 0 saturated carbocycles. The fourth-order valence-electron chi connectivity index (χ4n) is 2.90. The summed E-state index contributed by atoms with van der Waals surface area (Å²) in [6.07, 6.45) is 4.33. The van der Waals surface area contributed by atoms with Crippen molar-refractivity contribution in [2.24, 2.45) is 0 Å². The first-order chi connectivity index (χ1) is 11.5. The maximum atomic E-state index is 13.1. The van der Waals surface area contributed by atoms with Gasteiger partial charge in [0.05, 0.1) is 17.3 Å². The number of piperidine rings is 1. The van der Waals surface area contributed by atoms with Crippen LogP contribution in [0, 0.1) is 6.92 Å². The molecule has 0 aromatic carbocycles. The monoisotopic (exact) mass is 348 g/mol. The zero-order valence-corrected chi connectivity index (χ0v) is 14.8. The summed E-state index contributed by atoms with van der Waals surface area (Å²) in [5.41, 5.74) is 0.259. The molecule has 0 aliphatic carbocycles. The molecule has 0 radical (unpaired) electrons. The van der Waals surface area contributed by atoms with Crippen molar-refractivity contribution in [2.45, 2.75) is 52.0 Å². The molecular weight excluding hydrogens is 328 g/mol. The molecule has 128 valence electrons. The van der Waals surface area contributed by atoms with Crippen molar-refractivity contribution in [3.05, 3.63) is 34.4 Å². The predicted octanol–water partition coefficient (Wildman–Crippen LogP) is 3.05. The number of amides is 1. The summed E-state index contributed by atoms with van der Waals surface area (Å²) in [4.78, 5) is 27.9. The average molecular weight is 349 g/mol. The van der Waals surface area contributed by atoms with Gasteiger partial charge in [0.2, 0.25) is 0 Å². The van der Waals surface area contributed by atoms with Gasteiger partial charge < -0.3 is 4.90 Å². The number of carbonyl (C=O) groups excluding carboxylic acids is 1. The minimum Gasteiger partial charge on any atom is -0.327 e. The molecule has 8 heteroatoms. The Labute approximate surface area is 145 Å². The first kappa shape index (κ1) is 16.8. The number of aromatic nitrogens is 5. The molecule has 1 N–H and O–H groups in total. The summed E-state index contributed by atoms with van der Waals surface area (Å²) in [7, 11) is 0. The van der Waals surface area contributed by atoms with Crippen LogP contribution in [0.1, 0.15) is 73.0 Å². The van der Waals surface area contributed by atoms with Gasteiger partial charge in [0.25, 0.3) is 5.91 Å². The fraction of sp³-hybridized carbons (Fsp3) is 0.562. The normalized spacial score (nSPS) is 18.2. The van der Waals surface area contributed by atoms with Gasteiger partial charge in [0, 0.05) is 12.5 Å². The Hall–Kier alpha value is -2.02. The van der Waals surface area contributed by atoms with Crippen molar-refractivity contribution in [1.29, 1.82) is 0 Å². The Balaban J connectivity index is 1.93. The van der Waals surface area contributed by atoms with Crippen molar-refractivity contribution in [3.63, 3.8) is 0 Å². The van der Waals surface area contributed by atoms with Gasteiger partial charge in [0.1, 0.15) is 11.6 Å². The third-order valence-electron chi connectivity index (χ3n) is 4.16. The highest BCUT2D eigenvalue weighted by atomic mass is 35.5. The molecule has 1 aliphatic heterocycles. The maximum absolute atomic E-state index is 13.1. The van der Waals surface area contributed by atoms with E-state index >= 15 is 0 Å².